The summed E-state index contributed by atoms with van der Waals surface area (Å²) in [4.78, 5) is 18.6. The molecule has 7 heteroatoms. The minimum Gasteiger partial charge on any atom is -0.350 e. The van der Waals surface area contributed by atoms with Crippen LogP contribution >= 0.6 is 11.6 Å². The number of likely N-dealkylation sites (tertiary alicyclic amines) is 1. The van der Waals surface area contributed by atoms with Gasteiger partial charge >= 0.3 is 0 Å². The second-order valence-electron chi connectivity index (χ2n) is 6.16. The predicted octanol–water partition coefficient (Wildman–Crippen LogP) is 2.55. The van der Waals surface area contributed by atoms with Crippen LogP contribution in [0.3, 0.4) is 0 Å². The molecule has 24 heavy (non-hydrogen) atoms. The molecule has 0 aliphatic carbocycles. The summed E-state index contributed by atoms with van der Waals surface area (Å²) in [7, 11) is 1.98. The van der Waals surface area contributed by atoms with Gasteiger partial charge in [0.05, 0.1) is 11.1 Å². The summed E-state index contributed by atoms with van der Waals surface area (Å²) in [6.45, 7) is 2.92. The van der Waals surface area contributed by atoms with Crippen molar-refractivity contribution >= 4 is 17.5 Å². The van der Waals surface area contributed by atoms with Crippen molar-refractivity contribution in [3.8, 4) is 0 Å². The molecule has 1 N–H and O–H groups in total. The van der Waals surface area contributed by atoms with Crippen molar-refractivity contribution in [3.05, 3.63) is 52.8 Å². The number of benzene rings is 1. The minimum absolute atomic E-state index is 0.0631. The van der Waals surface area contributed by atoms with E-state index in [-0.39, 0.29) is 29.6 Å². The Bertz CT molecular complexity index is 748. The normalized spacial score (nSPS) is 21.2. The van der Waals surface area contributed by atoms with Crippen LogP contribution in [0.4, 0.5) is 4.39 Å². The zero-order valence-corrected chi connectivity index (χ0v) is 14.4. The number of rotatable bonds is 4. The molecule has 5 nitrogen and oxygen atoms in total. The quantitative estimate of drug-likeness (QED) is 0.922. The Labute approximate surface area is 145 Å². The Hall–Kier alpha value is -1.92. The van der Waals surface area contributed by atoms with Crippen LogP contribution in [0.5, 0.6) is 0 Å². The molecular weight excluding hydrogens is 331 g/mol. The molecule has 0 spiro atoms. The first kappa shape index (κ1) is 16.9. The molecule has 1 aliphatic rings. The SMILES string of the molecule is Cc1nccn1CC(=O)NC1CCN(C)C1c1ccc(Cl)c(F)c1. The summed E-state index contributed by atoms with van der Waals surface area (Å²) in [6.07, 6.45) is 4.27. The van der Waals surface area contributed by atoms with Crippen LogP contribution in [-0.4, -0.2) is 40.0 Å². The van der Waals surface area contributed by atoms with Gasteiger partial charge in [-0.15, -0.1) is 0 Å². The second kappa shape index (κ2) is 6.91. The fraction of sp³-hybridized carbons (Fsp3) is 0.412. The molecule has 2 heterocycles. The van der Waals surface area contributed by atoms with Crippen LogP contribution in [0.15, 0.2) is 30.6 Å². The van der Waals surface area contributed by atoms with E-state index in [1.807, 2.05) is 20.0 Å². The molecule has 1 aliphatic heterocycles. The topological polar surface area (TPSA) is 50.2 Å². The van der Waals surface area contributed by atoms with Gasteiger partial charge < -0.3 is 9.88 Å². The van der Waals surface area contributed by atoms with Crippen LogP contribution < -0.4 is 5.32 Å². The number of nitrogens with zero attached hydrogens (tertiary/aromatic N) is 3. The number of carbonyl (C=O) groups excluding carboxylic acids is 1. The molecular formula is C17H20ClFN4O. The molecule has 1 aromatic carbocycles. The molecule has 0 radical (unpaired) electrons. The van der Waals surface area contributed by atoms with E-state index >= 15 is 0 Å². The van der Waals surface area contributed by atoms with Gasteiger partial charge in [-0.1, -0.05) is 17.7 Å². The van der Waals surface area contributed by atoms with Crippen molar-refractivity contribution in [2.75, 3.05) is 13.6 Å². The monoisotopic (exact) mass is 350 g/mol. The maximum atomic E-state index is 13.8. The number of nitrogens with one attached hydrogen (secondary N) is 1. The van der Waals surface area contributed by atoms with Crippen LogP contribution in [-0.2, 0) is 11.3 Å². The first-order valence-corrected chi connectivity index (χ1v) is 8.26. The second-order valence-corrected chi connectivity index (χ2v) is 6.57. The van der Waals surface area contributed by atoms with Crippen molar-refractivity contribution in [2.24, 2.45) is 0 Å². The highest BCUT2D eigenvalue weighted by Crippen LogP contribution is 2.32. The number of likely N-dealkylation sites (N-methyl/N-ethyl adjacent to an activating group) is 1. The maximum absolute atomic E-state index is 13.8. The van der Waals surface area contributed by atoms with Crippen molar-refractivity contribution in [1.82, 2.24) is 19.8 Å². The highest BCUT2D eigenvalue weighted by Gasteiger charge is 2.34. The molecule has 0 bridgehead atoms. The summed E-state index contributed by atoms with van der Waals surface area (Å²) < 4.78 is 15.6. The van der Waals surface area contributed by atoms with Crippen molar-refractivity contribution in [2.45, 2.75) is 32.0 Å². The van der Waals surface area contributed by atoms with Gasteiger partial charge in [0.15, 0.2) is 0 Å². The molecule has 1 saturated heterocycles. The maximum Gasteiger partial charge on any atom is 0.240 e. The van der Waals surface area contributed by atoms with Gasteiger partial charge in [0.1, 0.15) is 18.2 Å². The van der Waals surface area contributed by atoms with E-state index in [4.69, 9.17) is 11.6 Å². The Morgan fingerprint density at radius 2 is 2.29 bits per heavy atom. The van der Waals surface area contributed by atoms with Gasteiger partial charge in [0, 0.05) is 25.0 Å². The Kier molecular flexibility index (Phi) is 4.87. The van der Waals surface area contributed by atoms with E-state index in [0.717, 1.165) is 24.4 Å². The smallest absolute Gasteiger partial charge is 0.240 e. The first-order valence-electron chi connectivity index (χ1n) is 7.88. The zero-order valence-electron chi connectivity index (χ0n) is 13.7. The summed E-state index contributed by atoms with van der Waals surface area (Å²) in [6, 6.07) is 4.70. The van der Waals surface area contributed by atoms with Gasteiger partial charge in [-0.3, -0.25) is 9.69 Å². The lowest BCUT2D eigenvalue weighted by atomic mass is 10.00. The molecule has 1 aromatic heterocycles. The van der Waals surface area contributed by atoms with Gasteiger partial charge in [-0.25, -0.2) is 9.37 Å². The van der Waals surface area contributed by atoms with Crippen LogP contribution in [0, 0.1) is 12.7 Å². The Morgan fingerprint density at radius 1 is 1.50 bits per heavy atom. The largest absolute Gasteiger partial charge is 0.350 e. The van der Waals surface area contributed by atoms with Gasteiger partial charge in [-0.05, 0) is 38.1 Å². The number of amides is 1. The van der Waals surface area contributed by atoms with Crippen LogP contribution in [0.2, 0.25) is 5.02 Å². The van der Waals surface area contributed by atoms with E-state index < -0.39 is 5.82 Å². The molecule has 3 rings (SSSR count). The van der Waals surface area contributed by atoms with Crippen molar-refractivity contribution in [3.63, 3.8) is 0 Å². The van der Waals surface area contributed by atoms with Crippen molar-refractivity contribution in [1.29, 1.82) is 0 Å². The molecule has 1 fully saturated rings. The minimum atomic E-state index is -0.436. The van der Waals surface area contributed by atoms with E-state index in [0.29, 0.717) is 0 Å². The summed E-state index contributed by atoms with van der Waals surface area (Å²) in [5.41, 5.74) is 0.820. The highest BCUT2D eigenvalue weighted by molar-refractivity contribution is 6.30. The lowest BCUT2D eigenvalue weighted by molar-refractivity contribution is -0.122. The Morgan fingerprint density at radius 3 is 2.96 bits per heavy atom. The fourth-order valence-electron chi connectivity index (χ4n) is 3.26. The number of aromatic nitrogens is 2. The zero-order chi connectivity index (χ0) is 17.3. The van der Waals surface area contributed by atoms with E-state index in [1.54, 1.807) is 23.0 Å². The third-order valence-corrected chi connectivity index (χ3v) is 4.82. The number of hydrogen-bond donors (Lipinski definition) is 1. The van der Waals surface area contributed by atoms with Gasteiger partial charge in [-0.2, -0.15) is 0 Å². The highest BCUT2D eigenvalue weighted by atomic mass is 35.5. The van der Waals surface area contributed by atoms with E-state index in [9.17, 15) is 9.18 Å². The predicted molar refractivity (Wildman–Crippen MR) is 90.3 cm³/mol. The molecule has 2 aromatic rings. The lowest BCUT2D eigenvalue weighted by Gasteiger charge is -2.26. The molecule has 2 unspecified atom stereocenters. The van der Waals surface area contributed by atoms with Crippen LogP contribution in [0.1, 0.15) is 23.9 Å². The fourth-order valence-corrected chi connectivity index (χ4v) is 3.38. The average Bonchev–Trinajstić information content (AvgIpc) is 3.09. The molecule has 1 amide bonds. The summed E-state index contributed by atoms with van der Waals surface area (Å²) >= 11 is 5.77. The third-order valence-electron chi connectivity index (χ3n) is 4.52. The third kappa shape index (κ3) is 3.44. The number of imidazole rings is 1. The average molecular weight is 351 g/mol. The standard InChI is InChI=1S/C17H20ClFN4O/c1-11-20-6-8-23(11)10-16(24)21-15-5-7-22(2)17(15)12-3-4-13(18)14(19)9-12/h3-4,6,8-9,15,17H,5,7,10H2,1-2H3,(H,21,24). The number of hydrogen-bond acceptors (Lipinski definition) is 3. The first-order chi connectivity index (χ1) is 11.5. The molecule has 128 valence electrons. The van der Waals surface area contributed by atoms with Crippen molar-refractivity contribution < 1.29 is 9.18 Å². The van der Waals surface area contributed by atoms with E-state index in [1.165, 1.54) is 6.07 Å². The number of carbonyl (C=O) groups is 1. The Balaban J connectivity index is 1.73. The number of aryl methyl sites for hydroxylation is 1. The van der Waals surface area contributed by atoms with Gasteiger partial charge in [0.25, 0.3) is 0 Å². The molecule has 2 atom stereocenters. The van der Waals surface area contributed by atoms with E-state index in [2.05, 4.69) is 15.2 Å². The van der Waals surface area contributed by atoms with Crippen LogP contribution in [0.25, 0.3) is 0 Å². The number of halogens is 2. The lowest BCUT2D eigenvalue weighted by Crippen LogP contribution is -2.40. The summed E-state index contributed by atoms with van der Waals surface area (Å²) in [5, 5.41) is 3.18. The van der Waals surface area contributed by atoms with Gasteiger partial charge in [0.2, 0.25) is 5.91 Å². The summed E-state index contributed by atoms with van der Waals surface area (Å²) in [5.74, 6) is 0.287. The molecule has 0 saturated carbocycles.